The Morgan fingerprint density at radius 2 is 2.09 bits per heavy atom. The van der Waals surface area contributed by atoms with Gasteiger partial charge in [0.25, 0.3) is 0 Å². The van der Waals surface area contributed by atoms with E-state index in [2.05, 4.69) is 28.7 Å². The molecular formula is C8H4FIS. The summed E-state index contributed by atoms with van der Waals surface area (Å²) < 4.78 is 14.9. The van der Waals surface area contributed by atoms with Crippen LogP contribution in [-0.2, 0) is 0 Å². The van der Waals surface area contributed by atoms with Crippen LogP contribution in [0.15, 0.2) is 24.3 Å². The first-order chi connectivity index (χ1) is 5.25. The Hall–Kier alpha value is -0.160. The number of hydrogen-bond acceptors (Lipinski definition) is 1. The zero-order valence-corrected chi connectivity index (χ0v) is 8.45. The molecule has 0 radical (unpaired) electrons. The summed E-state index contributed by atoms with van der Waals surface area (Å²) in [6, 6.07) is 6.93. The first-order valence-corrected chi connectivity index (χ1v) is 5.00. The molecule has 0 unspecified atom stereocenters. The molecule has 1 aromatic carbocycles. The summed E-state index contributed by atoms with van der Waals surface area (Å²) in [4.78, 5) is 0. The van der Waals surface area contributed by atoms with Gasteiger partial charge in [-0.25, -0.2) is 4.39 Å². The van der Waals surface area contributed by atoms with Crippen molar-refractivity contribution < 1.29 is 4.39 Å². The van der Waals surface area contributed by atoms with Crippen molar-refractivity contribution in [2.45, 2.75) is 0 Å². The van der Waals surface area contributed by atoms with E-state index < -0.39 is 0 Å². The van der Waals surface area contributed by atoms with Crippen molar-refractivity contribution in [3.63, 3.8) is 0 Å². The lowest BCUT2D eigenvalue weighted by atomic mass is 10.3. The highest BCUT2D eigenvalue weighted by Crippen LogP contribution is 2.26. The molecule has 0 saturated carbocycles. The minimum absolute atomic E-state index is 0.157. The van der Waals surface area contributed by atoms with Crippen LogP contribution in [0.25, 0.3) is 10.1 Å². The van der Waals surface area contributed by atoms with Crippen LogP contribution in [-0.4, -0.2) is 0 Å². The van der Waals surface area contributed by atoms with E-state index in [1.165, 1.54) is 8.95 Å². The third-order valence-electron chi connectivity index (χ3n) is 1.45. The summed E-state index contributed by atoms with van der Waals surface area (Å²) in [7, 11) is 0. The lowest BCUT2D eigenvalue weighted by molar-refractivity contribution is 0.630. The Labute approximate surface area is 81.2 Å². The predicted octanol–water partition coefficient (Wildman–Crippen LogP) is 3.65. The number of fused-ring (bicyclic) bond motifs is 1. The molecule has 11 heavy (non-hydrogen) atoms. The summed E-state index contributed by atoms with van der Waals surface area (Å²) in [5, 5.41) is 1.13. The summed E-state index contributed by atoms with van der Waals surface area (Å²) in [5.74, 6) is -0.157. The molecule has 1 heterocycles. The summed E-state index contributed by atoms with van der Waals surface area (Å²) in [5.41, 5.74) is 0. The maximum Gasteiger partial charge on any atom is 0.124 e. The number of rotatable bonds is 0. The Bertz CT molecular complexity index is 394. The van der Waals surface area contributed by atoms with Gasteiger partial charge in [0.1, 0.15) is 5.82 Å². The standard InChI is InChI=1S/C8H4FIS/c9-6-2-1-5-3-8(10)11-7(5)4-6/h1-4H. The molecule has 0 saturated heterocycles. The van der Waals surface area contributed by atoms with Gasteiger partial charge in [0.2, 0.25) is 0 Å². The van der Waals surface area contributed by atoms with E-state index in [1.54, 1.807) is 17.4 Å². The van der Waals surface area contributed by atoms with Gasteiger partial charge >= 0.3 is 0 Å². The minimum Gasteiger partial charge on any atom is -0.207 e. The van der Waals surface area contributed by atoms with Crippen LogP contribution in [0.3, 0.4) is 0 Å². The highest BCUT2D eigenvalue weighted by atomic mass is 127. The topological polar surface area (TPSA) is 0 Å². The Balaban J connectivity index is 2.82. The lowest BCUT2D eigenvalue weighted by Gasteiger charge is -1.86. The molecule has 0 aliphatic heterocycles. The molecule has 1 aromatic heterocycles. The maximum absolute atomic E-state index is 12.7. The Morgan fingerprint density at radius 3 is 2.91 bits per heavy atom. The summed E-state index contributed by atoms with van der Waals surface area (Å²) >= 11 is 3.85. The lowest BCUT2D eigenvalue weighted by Crippen LogP contribution is -1.68. The smallest absolute Gasteiger partial charge is 0.124 e. The molecular weight excluding hydrogens is 274 g/mol. The van der Waals surface area contributed by atoms with Gasteiger partial charge in [-0.3, -0.25) is 0 Å². The molecule has 0 atom stereocenters. The van der Waals surface area contributed by atoms with Gasteiger partial charge in [-0.2, -0.15) is 0 Å². The maximum atomic E-state index is 12.7. The summed E-state index contributed by atoms with van der Waals surface area (Å²) in [6.07, 6.45) is 0. The fraction of sp³-hybridized carbons (Fsp3) is 0. The van der Waals surface area contributed by atoms with E-state index in [-0.39, 0.29) is 5.82 Å². The zero-order chi connectivity index (χ0) is 7.84. The molecule has 3 heteroatoms. The monoisotopic (exact) mass is 278 g/mol. The van der Waals surface area contributed by atoms with E-state index in [0.717, 1.165) is 10.1 Å². The molecule has 0 spiro atoms. The van der Waals surface area contributed by atoms with E-state index in [4.69, 9.17) is 0 Å². The zero-order valence-electron chi connectivity index (χ0n) is 5.47. The van der Waals surface area contributed by atoms with Crippen molar-refractivity contribution in [1.29, 1.82) is 0 Å². The molecule has 0 bridgehead atoms. The second-order valence-corrected chi connectivity index (χ2v) is 5.21. The molecule has 0 nitrogen and oxygen atoms in total. The van der Waals surface area contributed by atoms with Crippen molar-refractivity contribution in [2.24, 2.45) is 0 Å². The van der Waals surface area contributed by atoms with E-state index >= 15 is 0 Å². The third kappa shape index (κ3) is 1.39. The van der Waals surface area contributed by atoms with Crippen LogP contribution in [0.2, 0.25) is 0 Å². The van der Waals surface area contributed by atoms with Crippen molar-refractivity contribution in [2.75, 3.05) is 0 Å². The normalized spacial score (nSPS) is 10.7. The fourth-order valence-corrected chi connectivity index (χ4v) is 2.83. The third-order valence-corrected chi connectivity index (χ3v) is 3.31. The van der Waals surface area contributed by atoms with Gasteiger partial charge < -0.3 is 0 Å². The fourth-order valence-electron chi connectivity index (χ4n) is 0.973. The van der Waals surface area contributed by atoms with E-state index in [0.29, 0.717) is 0 Å². The summed E-state index contributed by atoms with van der Waals surface area (Å²) in [6.45, 7) is 0. The highest BCUT2D eigenvalue weighted by molar-refractivity contribution is 14.1. The molecule has 0 fully saturated rings. The van der Waals surface area contributed by atoms with Crippen molar-refractivity contribution in [1.82, 2.24) is 0 Å². The molecule has 0 amide bonds. The van der Waals surface area contributed by atoms with Crippen LogP contribution >= 0.6 is 33.9 Å². The number of benzene rings is 1. The number of hydrogen-bond donors (Lipinski definition) is 0. The van der Waals surface area contributed by atoms with E-state index in [9.17, 15) is 4.39 Å². The quantitative estimate of drug-likeness (QED) is 0.645. The van der Waals surface area contributed by atoms with Gasteiger partial charge in [-0.1, -0.05) is 6.07 Å². The van der Waals surface area contributed by atoms with Gasteiger partial charge in [0, 0.05) is 4.70 Å². The van der Waals surface area contributed by atoms with Crippen molar-refractivity contribution in [3.05, 3.63) is 33.0 Å². The molecule has 0 aliphatic carbocycles. The molecule has 0 aliphatic rings. The molecule has 0 N–H and O–H groups in total. The molecule has 2 rings (SSSR count). The van der Waals surface area contributed by atoms with Gasteiger partial charge in [-0.05, 0) is 46.2 Å². The first-order valence-electron chi connectivity index (χ1n) is 3.10. The van der Waals surface area contributed by atoms with Crippen LogP contribution in [0.1, 0.15) is 0 Å². The second kappa shape index (κ2) is 2.71. The van der Waals surface area contributed by atoms with Gasteiger partial charge in [-0.15, -0.1) is 11.3 Å². The molecule has 56 valence electrons. The van der Waals surface area contributed by atoms with Crippen LogP contribution < -0.4 is 0 Å². The van der Waals surface area contributed by atoms with Gasteiger partial charge in [0.05, 0.1) is 2.88 Å². The Morgan fingerprint density at radius 1 is 1.27 bits per heavy atom. The average Bonchev–Trinajstić information content (AvgIpc) is 2.27. The average molecular weight is 278 g/mol. The van der Waals surface area contributed by atoms with Crippen LogP contribution in [0.5, 0.6) is 0 Å². The Kier molecular flexibility index (Phi) is 1.85. The SMILES string of the molecule is Fc1ccc2cc(I)sc2c1. The number of thiophene rings is 1. The van der Waals surface area contributed by atoms with Crippen LogP contribution in [0, 0.1) is 8.70 Å². The predicted molar refractivity (Wildman–Crippen MR) is 54.5 cm³/mol. The van der Waals surface area contributed by atoms with Gasteiger partial charge in [0.15, 0.2) is 0 Å². The first kappa shape index (κ1) is 7.49. The number of halogens is 2. The van der Waals surface area contributed by atoms with Crippen LogP contribution in [0.4, 0.5) is 4.39 Å². The minimum atomic E-state index is -0.157. The largest absolute Gasteiger partial charge is 0.207 e. The second-order valence-electron chi connectivity index (χ2n) is 2.23. The molecule has 2 aromatic rings. The van der Waals surface area contributed by atoms with Crippen molar-refractivity contribution in [3.8, 4) is 0 Å². The van der Waals surface area contributed by atoms with Crippen molar-refractivity contribution >= 4 is 44.0 Å². The van der Waals surface area contributed by atoms with E-state index in [1.807, 2.05) is 6.07 Å². The highest BCUT2D eigenvalue weighted by Gasteiger charge is 1.99.